The minimum atomic E-state index is 0.359. The van der Waals surface area contributed by atoms with Crippen molar-refractivity contribution in [2.45, 2.75) is 106 Å². The maximum atomic E-state index is 5.66. The number of nitrogens with zero attached hydrogens (tertiary/aromatic N) is 7. The quantitative estimate of drug-likeness (QED) is 0.264. The third kappa shape index (κ3) is 16.9. The molecule has 4 rings (SSSR count). The highest BCUT2D eigenvalue weighted by molar-refractivity contribution is 4.81. The van der Waals surface area contributed by atoms with E-state index < -0.39 is 0 Å². The maximum Gasteiger partial charge on any atom is 0.0596 e. The molecule has 274 valence electrons. The Morgan fingerprint density at radius 3 is 1.46 bits per heavy atom. The fraction of sp³-hybridized carbons (Fsp3) is 1.00. The zero-order chi connectivity index (χ0) is 33.9. The number of ether oxygens (including phenoxy) is 1. The van der Waals surface area contributed by atoms with Crippen molar-refractivity contribution >= 4 is 0 Å². The molecule has 4 aliphatic heterocycles. The molecule has 4 heterocycles. The molecule has 0 unspecified atom stereocenters. The van der Waals surface area contributed by atoms with E-state index >= 15 is 0 Å². The number of likely N-dealkylation sites (N-methyl/N-ethyl adjacent to an activating group) is 2. The van der Waals surface area contributed by atoms with Crippen LogP contribution in [0.1, 0.15) is 88.0 Å². The first-order valence-electron chi connectivity index (χ1n) is 19.8. The Morgan fingerprint density at radius 2 is 1.02 bits per heavy atom. The van der Waals surface area contributed by atoms with E-state index in [0.29, 0.717) is 12.1 Å². The fourth-order valence-electron chi connectivity index (χ4n) is 7.23. The molecule has 0 aromatic rings. The van der Waals surface area contributed by atoms with Gasteiger partial charge in [0.05, 0.1) is 12.7 Å². The monoisotopic (exact) mass is 652 g/mol. The summed E-state index contributed by atoms with van der Waals surface area (Å²) in [4.78, 5) is 18.3. The Morgan fingerprint density at radius 1 is 0.587 bits per heavy atom. The van der Waals surface area contributed by atoms with Gasteiger partial charge in [0.1, 0.15) is 0 Å². The van der Waals surface area contributed by atoms with Gasteiger partial charge in [0.15, 0.2) is 0 Å². The number of hydrogen-bond donors (Lipinski definition) is 0. The topological polar surface area (TPSA) is 31.9 Å². The average molecular weight is 652 g/mol. The van der Waals surface area contributed by atoms with Crippen molar-refractivity contribution in [1.29, 1.82) is 0 Å². The minimum absolute atomic E-state index is 0.359. The number of rotatable bonds is 14. The van der Waals surface area contributed by atoms with Gasteiger partial charge in [-0.2, -0.15) is 0 Å². The molecule has 0 radical (unpaired) electrons. The van der Waals surface area contributed by atoms with Gasteiger partial charge < -0.3 is 34.1 Å². The summed E-state index contributed by atoms with van der Waals surface area (Å²) < 4.78 is 5.66. The normalized spacial score (nSPS) is 22.8. The molecule has 0 aromatic heterocycles. The van der Waals surface area contributed by atoms with Gasteiger partial charge in [-0.05, 0) is 119 Å². The number of piperidine rings is 2. The van der Waals surface area contributed by atoms with Gasteiger partial charge in [0.25, 0.3) is 0 Å². The van der Waals surface area contributed by atoms with Crippen molar-refractivity contribution in [2.24, 2.45) is 11.8 Å². The molecule has 0 aromatic carbocycles. The van der Waals surface area contributed by atoms with Crippen LogP contribution in [0.3, 0.4) is 0 Å². The second-order valence-electron chi connectivity index (χ2n) is 15.2. The van der Waals surface area contributed by atoms with Gasteiger partial charge in [0, 0.05) is 97.2 Å². The first-order chi connectivity index (χ1) is 22.1. The molecule has 4 fully saturated rings. The van der Waals surface area contributed by atoms with Crippen LogP contribution in [-0.2, 0) is 4.74 Å². The molecule has 0 N–H and O–H groups in total. The van der Waals surface area contributed by atoms with Crippen molar-refractivity contribution in [3.8, 4) is 0 Å². The van der Waals surface area contributed by atoms with Crippen molar-refractivity contribution in [3.05, 3.63) is 0 Å². The van der Waals surface area contributed by atoms with Crippen molar-refractivity contribution in [3.63, 3.8) is 0 Å². The summed E-state index contributed by atoms with van der Waals surface area (Å²) in [5.74, 6) is 1.86. The van der Waals surface area contributed by atoms with Gasteiger partial charge in [-0.3, -0.25) is 4.90 Å². The van der Waals surface area contributed by atoms with Crippen LogP contribution in [0.2, 0.25) is 0 Å². The zero-order valence-electron chi connectivity index (χ0n) is 32.7. The van der Waals surface area contributed by atoms with Crippen LogP contribution in [-0.4, -0.2) is 184 Å². The second-order valence-corrected chi connectivity index (χ2v) is 15.2. The van der Waals surface area contributed by atoms with E-state index in [2.05, 4.69) is 89.8 Å². The molecule has 4 aliphatic rings. The third-order valence-corrected chi connectivity index (χ3v) is 11.0. The van der Waals surface area contributed by atoms with Crippen LogP contribution in [0.5, 0.6) is 0 Å². The van der Waals surface area contributed by atoms with Crippen LogP contribution in [0.4, 0.5) is 0 Å². The first-order valence-corrected chi connectivity index (χ1v) is 19.8. The SMILES string of the molecule is CC.CC(C)OCCN1CCN(CC2CCN(C(C)C)CC2)CC1.CCN1CCN(CC2CCN(CCN(C)C(C)C)CC2)CC1. The third-order valence-electron chi connectivity index (χ3n) is 11.0. The molecule has 0 bridgehead atoms. The summed E-state index contributed by atoms with van der Waals surface area (Å²) in [7, 11) is 2.24. The molecule has 0 amide bonds. The zero-order valence-corrected chi connectivity index (χ0v) is 32.7. The summed E-state index contributed by atoms with van der Waals surface area (Å²) in [5, 5.41) is 0. The lowest BCUT2D eigenvalue weighted by atomic mass is 9.95. The molecule has 0 saturated carbocycles. The lowest BCUT2D eigenvalue weighted by Gasteiger charge is -2.39. The van der Waals surface area contributed by atoms with Crippen molar-refractivity contribution < 1.29 is 4.74 Å². The molecule has 0 aliphatic carbocycles. The highest BCUT2D eigenvalue weighted by Crippen LogP contribution is 2.21. The molecule has 4 saturated heterocycles. The lowest BCUT2D eigenvalue weighted by molar-refractivity contribution is 0.0393. The Balaban J connectivity index is 0.000000304. The summed E-state index contributed by atoms with van der Waals surface area (Å²) >= 11 is 0. The van der Waals surface area contributed by atoms with Crippen LogP contribution in [0.25, 0.3) is 0 Å². The number of likely N-dealkylation sites (tertiary alicyclic amines) is 2. The smallest absolute Gasteiger partial charge is 0.0596 e. The van der Waals surface area contributed by atoms with Crippen LogP contribution in [0.15, 0.2) is 0 Å². The van der Waals surface area contributed by atoms with Gasteiger partial charge in [0.2, 0.25) is 0 Å². The van der Waals surface area contributed by atoms with E-state index in [1.54, 1.807) is 0 Å². The van der Waals surface area contributed by atoms with E-state index in [-0.39, 0.29) is 0 Å². The summed E-state index contributed by atoms with van der Waals surface area (Å²) in [6, 6.07) is 1.39. The second kappa shape index (κ2) is 23.9. The molecule has 8 heteroatoms. The Labute approximate surface area is 288 Å². The first kappa shape index (κ1) is 41.8. The molecular weight excluding hydrogens is 570 g/mol. The van der Waals surface area contributed by atoms with E-state index in [1.807, 2.05) is 13.8 Å². The summed E-state index contributed by atoms with van der Waals surface area (Å²) in [6.07, 6.45) is 5.94. The van der Waals surface area contributed by atoms with Gasteiger partial charge >= 0.3 is 0 Å². The molecule has 0 atom stereocenters. The fourth-order valence-corrected chi connectivity index (χ4v) is 7.23. The van der Waals surface area contributed by atoms with E-state index in [4.69, 9.17) is 4.74 Å². The summed E-state index contributed by atoms with van der Waals surface area (Å²) in [6.45, 7) is 43.3. The van der Waals surface area contributed by atoms with Gasteiger partial charge in [-0.25, -0.2) is 0 Å². The molecule has 8 nitrogen and oxygen atoms in total. The van der Waals surface area contributed by atoms with E-state index in [0.717, 1.165) is 31.0 Å². The molecular formula is C38H81N7O. The van der Waals surface area contributed by atoms with Crippen LogP contribution < -0.4 is 0 Å². The van der Waals surface area contributed by atoms with Crippen molar-refractivity contribution in [2.75, 3.05) is 131 Å². The largest absolute Gasteiger partial charge is 0.377 e. The number of piperazine rings is 2. The Kier molecular flexibility index (Phi) is 21.8. The lowest BCUT2D eigenvalue weighted by Crippen LogP contribution is -2.49. The standard InChI is InChI=1S/C18H38N4.C18H37N3O.C2H6/c1-5-20-12-14-22(15-13-20)16-18-6-8-21(9-7-18)11-10-19(4)17(2)3;1-16(2)21-7-5-18(6-8-21)15-20-11-9-19(10-12-20)13-14-22-17(3)4;1-2/h17-18H,5-16H2,1-4H3;16-18H,5-15H2,1-4H3;1-2H3. The Hall–Kier alpha value is -0.320. The Bertz CT molecular complexity index is 706. The average Bonchev–Trinajstić information content (AvgIpc) is 3.06. The van der Waals surface area contributed by atoms with E-state index in [9.17, 15) is 0 Å². The number of hydrogen-bond acceptors (Lipinski definition) is 8. The van der Waals surface area contributed by atoms with Crippen molar-refractivity contribution in [1.82, 2.24) is 34.3 Å². The van der Waals surface area contributed by atoms with Gasteiger partial charge in [-0.1, -0.05) is 20.8 Å². The highest BCUT2D eigenvalue weighted by Gasteiger charge is 2.25. The summed E-state index contributed by atoms with van der Waals surface area (Å²) in [5.41, 5.74) is 0. The molecule has 0 spiro atoms. The minimum Gasteiger partial charge on any atom is -0.377 e. The van der Waals surface area contributed by atoms with E-state index in [1.165, 1.54) is 137 Å². The van der Waals surface area contributed by atoms with Crippen LogP contribution >= 0.6 is 0 Å². The molecule has 46 heavy (non-hydrogen) atoms. The van der Waals surface area contributed by atoms with Gasteiger partial charge in [-0.15, -0.1) is 0 Å². The maximum absolute atomic E-state index is 5.66. The predicted octanol–water partition coefficient (Wildman–Crippen LogP) is 4.85. The predicted molar refractivity (Wildman–Crippen MR) is 200 cm³/mol. The van der Waals surface area contributed by atoms with Crippen LogP contribution in [0, 0.1) is 11.8 Å². The highest BCUT2D eigenvalue weighted by atomic mass is 16.5.